The van der Waals surface area contributed by atoms with Gasteiger partial charge in [-0.15, -0.1) is 0 Å². The molecule has 2 N–H and O–H groups in total. The van der Waals surface area contributed by atoms with E-state index in [1.54, 1.807) is 4.90 Å². The highest BCUT2D eigenvalue weighted by molar-refractivity contribution is 6.01. The standard InChI is InChI=1S/C28H39N3O2/c1-18-11-14-26(27(32)29-18)31-17-23-16-20(12-13-24(23)28(31)33)15-22-9-5-6-10-25(22)30-19(2)21-7-3-4-8-21/h12-13,16,19,21-22,25-26,30H,1,3-11,14-15,17H2,2H3,(H,29,32)/t19?,22-,25+,26?/m1/s1. The molecule has 3 fully saturated rings. The van der Waals surface area contributed by atoms with Crippen LogP contribution in [0.4, 0.5) is 0 Å². The van der Waals surface area contributed by atoms with Gasteiger partial charge in [-0.05, 0) is 80.9 Å². The Morgan fingerprint density at radius 3 is 2.64 bits per heavy atom. The van der Waals surface area contributed by atoms with Crippen molar-refractivity contribution < 1.29 is 9.59 Å². The first-order valence-corrected chi connectivity index (χ1v) is 13.2. The first kappa shape index (κ1) is 22.6. The van der Waals surface area contributed by atoms with Gasteiger partial charge in [0.05, 0.1) is 0 Å². The van der Waals surface area contributed by atoms with Gasteiger partial charge in [0.15, 0.2) is 0 Å². The van der Waals surface area contributed by atoms with Gasteiger partial charge in [-0.2, -0.15) is 0 Å². The van der Waals surface area contributed by atoms with E-state index in [0.717, 1.165) is 35.6 Å². The van der Waals surface area contributed by atoms with Crippen LogP contribution >= 0.6 is 0 Å². The number of hydrogen-bond acceptors (Lipinski definition) is 3. The Balaban J connectivity index is 1.25. The maximum absolute atomic E-state index is 13.0. The van der Waals surface area contributed by atoms with Crippen molar-refractivity contribution in [2.45, 2.75) is 102 Å². The third kappa shape index (κ3) is 4.75. The number of nitrogens with one attached hydrogen (secondary N) is 2. The zero-order valence-corrected chi connectivity index (χ0v) is 20.1. The van der Waals surface area contributed by atoms with Crippen LogP contribution in [0.1, 0.15) is 92.6 Å². The molecule has 1 aromatic carbocycles. The van der Waals surface area contributed by atoms with Crippen LogP contribution < -0.4 is 10.6 Å². The highest BCUT2D eigenvalue weighted by Crippen LogP contribution is 2.34. The molecule has 0 bridgehead atoms. The number of benzene rings is 1. The van der Waals surface area contributed by atoms with Gasteiger partial charge >= 0.3 is 0 Å². The van der Waals surface area contributed by atoms with Crippen molar-refractivity contribution in [1.29, 1.82) is 0 Å². The Kier molecular flexibility index (Phi) is 6.60. The molecule has 1 saturated heterocycles. The van der Waals surface area contributed by atoms with Gasteiger partial charge < -0.3 is 15.5 Å². The summed E-state index contributed by atoms with van der Waals surface area (Å²) in [5.41, 5.74) is 3.93. The minimum absolute atomic E-state index is 0.00758. The summed E-state index contributed by atoms with van der Waals surface area (Å²) in [5.74, 6) is 1.40. The van der Waals surface area contributed by atoms with Crippen molar-refractivity contribution in [1.82, 2.24) is 15.5 Å². The van der Waals surface area contributed by atoms with E-state index in [1.807, 2.05) is 6.07 Å². The molecule has 2 heterocycles. The van der Waals surface area contributed by atoms with Crippen LogP contribution in [0.5, 0.6) is 0 Å². The number of allylic oxidation sites excluding steroid dienone is 1. The number of nitrogens with zero attached hydrogens (tertiary/aromatic N) is 1. The van der Waals surface area contributed by atoms with Crippen molar-refractivity contribution in [3.8, 4) is 0 Å². The highest BCUT2D eigenvalue weighted by atomic mass is 16.2. The van der Waals surface area contributed by atoms with E-state index in [4.69, 9.17) is 0 Å². The van der Waals surface area contributed by atoms with Crippen molar-refractivity contribution in [2.24, 2.45) is 11.8 Å². The number of amides is 2. The number of fused-ring (bicyclic) bond motifs is 1. The molecule has 1 aromatic rings. The van der Waals surface area contributed by atoms with E-state index >= 15 is 0 Å². The Morgan fingerprint density at radius 1 is 1.09 bits per heavy atom. The average Bonchev–Trinajstić information content (AvgIpc) is 3.44. The van der Waals surface area contributed by atoms with Crippen molar-refractivity contribution >= 4 is 11.8 Å². The smallest absolute Gasteiger partial charge is 0.255 e. The van der Waals surface area contributed by atoms with Crippen LogP contribution in [0.25, 0.3) is 0 Å². The van der Waals surface area contributed by atoms with Crippen LogP contribution in [0.3, 0.4) is 0 Å². The molecule has 5 heteroatoms. The molecule has 2 amide bonds. The molecule has 0 aromatic heterocycles. The van der Waals surface area contributed by atoms with Gasteiger partial charge in [-0.1, -0.05) is 44.4 Å². The molecule has 4 atom stereocenters. The lowest BCUT2D eigenvalue weighted by molar-refractivity contribution is -0.126. The third-order valence-corrected chi connectivity index (χ3v) is 8.69. The second kappa shape index (κ2) is 9.61. The summed E-state index contributed by atoms with van der Waals surface area (Å²) in [6, 6.07) is 7.21. The molecule has 0 radical (unpaired) electrons. The average molecular weight is 450 g/mol. The quantitative estimate of drug-likeness (QED) is 0.662. The fourth-order valence-corrected chi connectivity index (χ4v) is 6.74. The van der Waals surface area contributed by atoms with E-state index in [1.165, 1.54) is 56.9 Å². The summed E-state index contributed by atoms with van der Waals surface area (Å²) in [6.07, 6.45) is 13.2. The topological polar surface area (TPSA) is 61.4 Å². The SMILES string of the molecule is C=C1CCC(N2Cc3cc(C[C@H]4CCCC[C@@H]4NC(C)C4CCCC4)ccc3C2=O)C(=O)N1. The van der Waals surface area contributed by atoms with E-state index in [0.29, 0.717) is 31.0 Å². The molecule has 5 rings (SSSR count). The van der Waals surface area contributed by atoms with Gasteiger partial charge in [0.1, 0.15) is 6.04 Å². The highest BCUT2D eigenvalue weighted by Gasteiger charge is 2.38. The molecule has 178 valence electrons. The fraction of sp³-hybridized carbons (Fsp3) is 0.643. The fourth-order valence-electron chi connectivity index (χ4n) is 6.74. The van der Waals surface area contributed by atoms with Crippen molar-refractivity contribution in [3.63, 3.8) is 0 Å². The first-order chi connectivity index (χ1) is 16.0. The second-order valence-electron chi connectivity index (χ2n) is 10.9. The first-order valence-electron chi connectivity index (χ1n) is 13.2. The zero-order chi connectivity index (χ0) is 22.9. The van der Waals surface area contributed by atoms with Gasteiger partial charge in [0, 0.05) is 29.9 Å². The molecular weight excluding hydrogens is 410 g/mol. The maximum atomic E-state index is 13.0. The molecular formula is C28H39N3O2. The second-order valence-corrected chi connectivity index (χ2v) is 10.9. The lowest BCUT2D eigenvalue weighted by Gasteiger charge is -2.36. The third-order valence-electron chi connectivity index (χ3n) is 8.69. The molecule has 2 saturated carbocycles. The molecule has 33 heavy (non-hydrogen) atoms. The summed E-state index contributed by atoms with van der Waals surface area (Å²) in [4.78, 5) is 27.3. The Morgan fingerprint density at radius 2 is 1.85 bits per heavy atom. The predicted molar refractivity (Wildman–Crippen MR) is 131 cm³/mol. The van der Waals surface area contributed by atoms with Gasteiger partial charge in [-0.25, -0.2) is 0 Å². The lowest BCUT2D eigenvalue weighted by atomic mass is 9.79. The molecule has 0 spiro atoms. The van der Waals surface area contributed by atoms with Crippen molar-refractivity contribution in [3.05, 3.63) is 47.2 Å². The molecule has 2 aliphatic heterocycles. The van der Waals surface area contributed by atoms with Gasteiger partial charge in [0.25, 0.3) is 5.91 Å². The molecule has 4 aliphatic rings. The van der Waals surface area contributed by atoms with E-state index in [-0.39, 0.29) is 17.9 Å². The Labute approximate surface area is 198 Å². The van der Waals surface area contributed by atoms with E-state index in [2.05, 4.69) is 36.3 Å². The number of hydrogen-bond donors (Lipinski definition) is 2. The van der Waals surface area contributed by atoms with Crippen molar-refractivity contribution in [2.75, 3.05) is 0 Å². The summed E-state index contributed by atoms with van der Waals surface area (Å²) >= 11 is 0. The van der Waals surface area contributed by atoms with Gasteiger partial charge in [0.2, 0.25) is 5.91 Å². The summed E-state index contributed by atoms with van der Waals surface area (Å²) in [5, 5.41) is 6.86. The molecule has 2 unspecified atom stereocenters. The Bertz CT molecular complexity index is 920. The minimum atomic E-state index is -0.386. The van der Waals surface area contributed by atoms with E-state index in [9.17, 15) is 9.59 Å². The number of carbonyl (C=O) groups excluding carboxylic acids is 2. The van der Waals surface area contributed by atoms with Crippen LogP contribution in [-0.2, 0) is 17.8 Å². The lowest BCUT2D eigenvalue weighted by Crippen LogP contribution is -2.49. The minimum Gasteiger partial charge on any atom is -0.329 e. The Hall–Kier alpha value is -2.14. The molecule has 2 aliphatic carbocycles. The van der Waals surface area contributed by atoms with Gasteiger partial charge in [-0.3, -0.25) is 9.59 Å². The summed E-state index contributed by atoms with van der Waals surface area (Å²) < 4.78 is 0. The number of carbonyl (C=O) groups is 2. The van der Waals surface area contributed by atoms with Crippen LogP contribution in [0.15, 0.2) is 30.5 Å². The maximum Gasteiger partial charge on any atom is 0.255 e. The largest absolute Gasteiger partial charge is 0.329 e. The van der Waals surface area contributed by atoms with Crippen LogP contribution in [0, 0.1) is 11.8 Å². The summed E-state index contributed by atoms with van der Waals surface area (Å²) in [7, 11) is 0. The van der Waals surface area contributed by atoms with Crippen LogP contribution in [-0.4, -0.2) is 34.8 Å². The normalized spacial score (nSPS) is 29.3. The summed E-state index contributed by atoms with van der Waals surface area (Å²) in [6.45, 7) is 6.79. The zero-order valence-electron chi connectivity index (χ0n) is 20.1. The van der Waals surface area contributed by atoms with E-state index < -0.39 is 0 Å². The monoisotopic (exact) mass is 449 g/mol. The number of piperidine rings is 1. The van der Waals surface area contributed by atoms with Crippen LogP contribution in [0.2, 0.25) is 0 Å². The predicted octanol–water partition coefficient (Wildman–Crippen LogP) is 4.70. The number of rotatable bonds is 6. The molecule has 5 nitrogen and oxygen atoms in total.